The van der Waals surface area contributed by atoms with Gasteiger partial charge in [0, 0.05) is 0 Å². The second-order valence-electron chi connectivity index (χ2n) is 2.70. The fraction of sp³-hybridized carbons (Fsp3) is 0.333. The number of pyridine rings is 1. The molecular formula is C9H8ClF2NO3. The van der Waals surface area contributed by atoms with Gasteiger partial charge in [-0.15, -0.1) is 0 Å². The number of carbonyl (C=O) groups excluding carboxylic acids is 1. The van der Waals surface area contributed by atoms with E-state index in [1.54, 1.807) is 0 Å². The van der Waals surface area contributed by atoms with Crippen LogP contribution >= 0.6 is 11.6 Å². The topological polar surface area (TPSA) is 48.4 Å². The Morgan fingerprint density at radius 3 is 2.56 bits per heavy atom. The Morgan fingerprint density at radius 1 is 1.50 bits per heavy atom. The SMILES string of the molecule is COC(=O)c1ncc(OC)c(C(F)F)c1Cl. The molecule has 0 atom stereocenters. The molecule has 4 nitrogen and oxygen atoms in total. The summed E-state index contributed by atoms with van der Waals surface area (Å²) in [6, 6.07) is 0. The van der Waals surface area contributed by atoms with Crippen LogP contribution in [0.5, 0.6) is 5.75 Å². The van der Waals surface area contributed by atoms with Gasteiger partial charge in [-0.2, -0.15) is 0 Å². The normalized spacial score (nSPS) is 10.4. The van der Waals surface area contributed by atoms with Crippen LogP contribution in [-0.2, 0) is 4.74 Å². The Balaban J connectivity index is 3.37. The molecule has 0 aliphatic rings. The van der Waals surface area contributed by atoms with Gasteiger partial charge in [-0.05, 0) is 0 Å². The summed E-state index contributed by atoms with van der Waals surface area (Å²) in [4.78, 5) is 14.8. The molecule has 0 fully saturated rings. The number of nitrogens with zero attached hydrogens (tertiary/aromatic N) is 1. The molecule has 0 saturated carbocycles. The highest BCUT2D eigenvalue weighted by molar-refractivity contribution is 6.34. The largest absolute Gasteiger partial charge is 0.495 e. The molecule has 0 spiro atoms. The summed E-state index contributed by atoms with van der Waals surface area (Å²) in [5.74, 6) is -1.05. The molecule has 0 aliphatic heterocycles. The second kappa shape index (κ2) is 5.07. The molecule has 1 rings (SSSR count). The van der Waals surface area contributed by atoms with Gasteiger partial charge in [0.25, 0.3) is 6.43 Å². The lowest BCUT2D eigenvalue weighted by Crippen LogP contribution is -2.08. The average Bonchev–Trinajstić information content (AvgIpc) is 2.26. The number of carbonyl (C=O) groups is 1. The zero-order valence-electron chi connectivity index (χ0n) is 8.46. The van der Waals surface area contributed by atoms with Gasteiger partial charge in [0.15, 0.2) is 5.69 Å². The first-order chi connectivity index (χ1) is 7.52. The van der Waals surface area contributed by atoms with Crippen molar-refractivity contribution in [2.24, 2.45) is 0 Å². The Bertz CT molecular complexity index is 412. The van der Waals surface area contributed by atoms with Crippen molar-refractivity contribution in [3.8, 4) is 5.75 Å². The van der Waals surface area contributed by atoms with E-state index in [9.17, 15) is 13.6 Å². The van der Waals surface area contributed by atoms with Crippen LogP contribution in [-0.4, -0.2) is 25.2 Å². The van der Waals surface area contributed by atoms with E-state index in [-0.39, 0.29) is 11.4 Å². The smallest absolute Gasteiger partial charge is 0.358 e. The maximum atomic E-state index is 12.7. The van der Waals surface area contributed by atoms with Gasteiger partial charge < -0.3 is 9.47 Å². The lowest BCUT2D eigenvalue weighted by molar-refractivity contribution is 0.0593. The van der Waals surface area contributed by atoms with E-state index in [2.05, 4.69) is 14.5 Å². The molecule has 0 bridgehead atoms. The van der Waals surface area contributed by atoms with Crippen LogP contribution in [0.2, 0.25) is 5.02 Å². The summed E-state index contributed by atoms with van der Waals surface area (Å²) in [5.41, 5.74) is -0.931. The number of halogens is 3. The Morgan fingerprint density at radius 2 is 2.12 bits per heavy atom. The average molecular weight is 252 g/mol. The van der Waals surface area contributed by atoms with Crippen molar-refractivity contribution in [3.63, 3.8) is 0 Å². The Kier molecular flexibility index (Phi) is 4.00. The molecule has 16 heavy (non-hydrogen) atoms. The maximum Gasteiger partial charge on any atom is 0.358 e. The molecule has 0 radical (unpaired) electrons. The van der Waals surface area contributed by atoms with Crippen LogP contribution in [0.3, 0.4) is 0 Å². The third-order valence-electron chi connectivity index (χ3n) is 1.84. The summed E-state index contributed by atoms with van der Waals surface area (Å²) in [7, 11) is 2.31. The third-order valence-corrected chi connectivity index (χ3v) is 2.22. The number of alkyl halides is 2. The number of aromatic nitrogens is 1. The predicted octanol–water partition coefficient (Wildman–Crippen LogP) is 2.47. The molecule has 0 unspecified atom stereocenters. The number of rotatable bonds is 3. The van der Waals surface area contributed by atoms with Gasteiger partial charge in [-0.1, -0.05) is 11.6 Å². The monoisotopic (exact) mass is 251 g/mol. The minimum atomic E-state index is -2.87. The van der Waals surface area contributed by atoms with Crippen molar-refractivity contribution in [2.75, 3.05) is 14.2 Å². The number of hydrogen-bond acceptors (Lipinski definition) is 4. The Labute approximate surface area is 95.1 Å². The van der Waals surface area contributed by atoms with E-state index in [1.165, 1.54) is 7.11 Å². The van der Waals surface area contributed by atoms with E-state index in [1.807, 2.05) is 0 Å². The van der Waals surface area contributed by atoms with Gasteiger partial charge in [0.1, 0.15) is 5.75 Å². The molecule has 1 aromatic heterocycles. The van der Waals surface area contributed by atoms with Crippen LogP contribution in [0.1, 0.15) is 22.5 Å². The van der Waals surface area contributed by atoms with Crippen molar-refractivity contribution < 1.29 is 23.0 Å². The molecule has 88 valence electrons. The minimum absolute atomic E-state index is 0.173. The van der Waals surface area contributed by atoms with E-state index in [4.69, 9.17) is 11.6 Å². The standard InChI is InChI=1S/C9H8ClF2NO3/c1-15-4-3-13-7(9(14)16-2)6(10)5(4)8(11)12/h3,8H,1-2H3. The molecule has 0 amide bonds. The first-order valence-electron chi connectivity index (χ1n) is 4.11. The molecule has 0 saturated heterocycles. The number of methoxy groups -OCH3 is 2. The highest BCUT2D eigenvalue weighted by Crippen LogP contribution is 2.36. The molecular weight excluding hydrogens is 244 g/mol. The summed E-state index contributed by atoms with van der Waals surface area (Å²) in [6.45, 7) is 0. The number of esters is 1. The molecule has 0 aromatic carbocycles. The van der Waals surface area contributed by atoms with Gasteiger partial charge in [0.2, 0.25) is 0 Å². The molecule has 1 aromatic rings. The van der Waals surface area contributed by atoms with Gasteiger partial charge in [0.05, 0.1) is 31.0 Å². The number of ether oxygens (including phenoxy) is 2. The van der Waals surface area contributed by atoms with Crippen molar-refractivity contribution in [2.45, 2.75) is 6.43 Å². The zero-order valence-corrected chi connectivity index (χ0v) is 9.22. The van der Waals surface area contributed by atoms with E-state index in [0.29, 0.717) is 0 Å². The van der Waals surface area contributed by atoms with Gasteiger partial charge in [-0.25, -0.2) is 18.6 Å². The highest BCUT2D eigenvalue weighted by Gasteiger charge is 2.25. The summed E-state index contributed by atoms with van der Waals surface area (Å²) in [6.07, 6.45) is -1.87. The summed E-state index contributed by atoms with van der Waals surface area (Å²) < 4.78 is 34.4. The molecule has 0 aliphatic carbocycles. The first-order valence-corrected chi connectivity index (χ1v) is 4.49. The van der Waals surface area contributed by atoms with Gasteiger partial charge in [-0.3, -0.25) is 0 Å². The lowest BCUT2D eigenvalue weighted by atomic mass is 10.2. The van der Waals surface area contributed by atoms with Gasteiger partial charge >= 0.3 is 5.97 Å². The fourth-order valence-electron chi connectivity index (χ4n) is 1.09. The van der Waals surface area contributed by atoms with Crippen LogP contribution in [0.25, 0.3) is 0 Å². The maximum absolute atomic E-state index is 12.7. The summed E-state index contributed by atoms with van der Waals surface area (Å²) in [5, 5.41) is -0.457. The van der Waals surface area contributed by atoms with Crippen LogP contribution in [0.4, 0.5) is 8.78 Å². The molecule has 1 heterocycles. The van der Waals surface area contributed by atoms with Crippen molar-refractivity contribution >= 4 is 17.6 Å². The fourth-order valence-corrected chi connectivity index (χ4v) is 1.39. The van der Waals surface area contributed by atoms with Crippen molar-refractivity contribution in [1.29, 1.82) is 0 Å². The van der Waals surface area contributed by atoms with Crippen LogP contribution in [0.15, 0.2) is 6.20 Å². The number of hydrogen-bond donors (Lipinski definition) is 0. The zero-order chi connectivity index (χ0) is 12.3. The first kappa shape index (κ1) is 12.6. The van der Waals surface area contributed by atoms with Crippen molar-refractivity contribution in [1.82, 2.24) is 4.98 Å². The van der Waals surface area contributed by atoms with Crippen molar-refractivity contribution in [3.05, 3.63) is 22.5 Å². The molecule has 7 heteroatoms. The van der Waals surface area contributed by atoms with E-state index in [0.717, 1.165) is 13.3 Å². The highest BCUT2D eigenvalue weighted by atomic mass is 35.5. The van der Waals surface area contributed by atoms with E-state index >= 15 is 0 Å². The quantitative estimate of drug-likeness (QED) is 0.775. The van der Waals surface area contributed by atoms with E-state index < -0.39 is 23.0 Å². The lowest BCUT2D eigenvalue weighted by Gasteiger charge is -2.11. The second-order valence-corrected chi connectivity index (χ2v) is 3.07. The summed E-state index contributed by atoms with van der Waals surface area (Å²) >= 11 is 5.64. The Hall–Kier alpha value is -1.43. The van der Waals surface area contributed by atoms with Crippen LogP contribution < -0.4 is 4.74 Å². The third kappa shape index (κ3) is 2.21. The minimum Gasteiger partial charge on any atom is -0.495 e. The van der Waals surface area contributed by atoms with Crippen LogP contribution in [0, 0.1) is 0 Å². The molecule has 0 N–H and O–H groups in total. The predicted molar refractivity (Wildman–Crippen MR) is 52.1 cm³/mol.